The van der Waals surface area contributed by atoms with E-state index in [2.05, 4.69) is 27.4 Å². The predicted molar refractivity (Wildman–Crippen MR) is 121 cm³/mol. The standard InChI is InChI=1S/C23H38N4O3/c1-5-18(2)26-22(28)20-9-6-8-19(16-20)17-25-23(24-3)27-12-10-21(11-13-27)30-15-7-14-29-4/h6,8-9,16,18,21H,5,7,10-15,17H2,1-4H3,(H,24,25)(H,26,28). The van der Waals surface area contributed by atoms with Gasteiger partial charge >= 0.3 is 0 Å². The van der Waals surface area contributed by atoms with Crippen molar-refractivity contribution in [3.05, 3.63) is 35.4 Å². The number of likely N-dealkylation sites (tertiary alicyclic amines) is 1. The van der Waals surface area contributed by atoms with E-state index in [0.29, 0.717) is 18.2 Å². The van der Waals surface area contributed by atoms with Crippen molar-refractivity contribution in [1.82, 2.24) is 15.5 Å². The molecule has 1 aromatic rings. The topological polar surface area (TPSA) is 75.2 Å². The molecule has 1 saturated heterocycles. The Kier molecular flexibility index (Phi) is 10.7. The van der Waals surface area contributed by atoms with E-state index in [-0.39, 0.29) is 11.9 Å². The molecule has 1 amide bonds. The highest BCUT2D eigenvalue weighted by atomic mass is 16.5. The lowest BCUT2D eigenvalue weighted by Crippen LogP contribution is -2.46. The molecule has 0 radical (unpaired) electrons. The minimum atomic E-state index is -0.0249. The first kappa shape index (κ1) is 24.2. The van der Waals surface area contributed by atoms with Gasteiger partial charge in [0.15, 0.2) is 5.96 Å². The van der Waals surface area contributed by atoms with Gasteiger partial charge in [0.2, 0.25) is 0 Å². The lowest BCUT2D eigenvalue weighted by molar-refractivity contribution is 0.00989. The fraction of sp³-hybridized carbons (Fsp3) is 0.652. The molecule has 1 heterocycles. The summed E-state index contributed by atoms with van der Waals surface area (Å²) < 4.78 is 11.0. The van der Waals surface area contributed by atoms with Crippen LogP contribution in [-0.2, 0) is 16.0 Å². The van der Waals surface area contributed by atoms with Gasteiger partial charge in [-0.1, -0.05) is 19.1 Å². The van der Waals surface area contributed by atoms with Crippen LogP contribution in [0.15, 0.2) is 29.3 Å². The number of carbonyl (C=O) groups is 1. The van der Waals surface area contributed by atoms with Gasteiger partial charge < -0.3 is 25.0 Å². The molecular formula is C23H38N4O3. The van der Waals surface area contributed by atoms with Gasteiger partial charge in [0.1, 0.15) is 0 Å². The molecule has 2 rings (SSSR count). The Morgan fingerprint density at radius 2 is 2.07 bits per heavy atom. The van der Waals surface area contributed by atoms with E-state index in [4.69, 9.17) is 9.47 Å². The zero-order valence-electron chi connectivity index (χ0n) is 18.9. The van der Waals surface area contributed by atoms with Gasteiger partial charge in [-0.2, -0.15) is 0 Å². The van der Waals surface area contributed by atoms with Gasteiger partial charge in [0, 0.05) is 58.6 Å². The first-order valence-corrected chi connectivity index (χ1v) is 11.0. The quantitative estimate of drug-likeness (QED) is 0.347. The van der Waals surface area contributed by atoms with Crippen molar-refractivity contribution in [3.63, 3.8) is 0 Å². The lowest BCUT2D eigenvalue weighted by Gasteiger charge is -2.34. The molecular weight excluding hydrogens is 380 g/mol. The number of methoxy groups -OCH3 is 1. The number of benzene rings is 1. The van der Waals surface area contributed by atoms with Gasteiger partial charge in [0.05, 0.1) is 6.10 Å². The number of rotatable bonds is 10. The molecule has 0 aliphatic carbocycles. The van der Waals surface area contributed by atoms with Gasteiger partial charge in [-0.05, 0) is 50.3 Å². The highest BCUT2D eigenvalue weighted by Gasteiger charge is 2.21. The number of ether oxygens (including phenoxy) is 2. The van der Waals surface area contributed by atoms with Crippen LogP contribution in [0.1, 0.15) is 55.5 Å². The van der Waals surface area contributed by atoms with E-state index in [9.17, 15) is 4.79 Å². The average Bonchev–Trinajstić information content (AvgIpc) is 2.78. The molecule has 1 aliphatic rings. The number of hydrogen-bond acceptors (Lipinski definition) is 4. The number of nitrogens with zero attached hydrogens (tertiary/aromatic N) is 2. The molecule has 7 heteroatoms. The van der Waals surface area contributed by atoms with Crippen LogP contribution in [0.4, 0.5) is 0 Å². The van der Waals surface area contributed by atoms with Crippen LogP contribution >= 0.6 is 0 Å². The Labute approximate surface area is 181 Å². The summed E-state index contributed by atoms with van der Waals surface area (Å²) in [5, 5.41) is 6.45. The third-order valence-corrected chi connectivity index (χ3v) is 5.43. The number of aliphatic imine (C=N–C) groups is 1. The molecule has 2 N–H and O–H groups in total. The van der Waals surface area contributed by atoms with Crippen LogP contribution in [-0.4, -0.2) is 69.4 Å². The molecule has 0 saturated carbocycles. The molecule has 0 spiro atoms. The fourth-order valence-electron chi connectivity index (χ4n) is 3.43. The van der Waals surface area contributed by atoms with Gasteiger partial charge in [-0.3, -0.25) is 9.79 Å². The van der Waals surface area contributed by atoms with Crippen LogP contribution < -0.4 is 10.6 Å². The first-order chi connectivity index (χ1) is 14.6. The van der Waals surface area contributed by atoms with E-state index < -0.39 is 0 Å². The second-order valence-electron chi connectivity index (χ2n) is 7.79. The molecule has 0 bridgehead atoms. The molecule has 30 heavy (non-hydrogen) atoms. The summed E-state index contributed by atoms with van der Waals surface area (Å²) in [5.74, 6) is 0.866. The first-order valence-electron chi connectivity index (χ1n) is 11.0. The van der Waals surface area contributed by atoms with Crippen molar-refractivity contribution in [2.45, 2.75) is 58.2 Å². The fourth-order valence-corrected chi connectivity index (χ4v) is 3.43. The third-order valence-electron chi connectivity index (χ3n) is 5.43. The minimum Gasteiger partial charge on any atom is -0.385 e. The Morgan fingerprint density at radius 1 is 1.30 bits per heavy atom. The van der Waals surface area contributed by atoms with Crippen molar-refractivity contribution in [2.24, 2.45) is 4.99 Å². The van der Waals surface area contributed by atoms with Crippen LogP contribution in [0.2, 0.25) is 0 Å². The molecule has 1 fully saturated rings. The molecule has 168 valence electrons. The normalized spacial score (nSPS) is 16.4. The Bertz CT molecular complexity index is 672. The zero-order valence-corrected chi connectivity index (χ0v) is 18.9. The second kappa shape index (κ2) is 13.2. The number of amides is 1. The summed E-state index contributed by atoms with van der Waals surface area (Å²) in [4.78, 5) is 19.1. The van der Waals surface area contributed by atoms with Crippen molar-refractivity contribution < 1.29 is 14.3 Å². The predicted octanol–water partition coefficient (Wildman–Crippen LogP) is 2.81. The maximum absolute atomic E-state index is 12.4. The number of piperidine rings is 1. The SMILES string of the molecule is CCC(C)NC(=O)c1cccc(CNC(=NC)N2CCC(OCCCOC)CC2)c1. The maximum atomic E-state index is 12.4. The van der Waals surface area contributed by atoms with E-state index >= 15 is 0 Å². The van der Waals surface area contributed by atoms with Gasteiger partial charge in [0.25, 0.3) is 5.91 Å². The lowest BCUT2D eigenvalue weighted by atomic mass is 10.1. The van der Waals surface area contributed by atoms with Crippen LogP contribution in [0.25, 0.3) is 0 Å². The molecule has 0 aromatic heterocycles. The van der Waals surface area contributed by atoms with Crippen LogP contribution in [0.5, 0.6) is 0 Å². The number of carbonyl (C=O) groups excluding carboxylic acids is 1. The van der Waals surface area contributed by atoms with E-state index in [1.807, 2.05) is 38.2 Å². The molecule has 1 atom stereocenters. The molecule has 7 nitrogen and oxygen atoms in total. The summed E-state index contributed by atoms with van der Waals surface area (Å²) in [5.41, 5.74) is 1.75. The van der Waals surface area contributed by atoms with Gasteiger partial charge in [-0.15, -0.1) is 0 Å². The van der Waals surface area contributed by atoms with E-state index in [0.717, 1.165) is 63.5 Å². The maximum Gasteiger partial charge on any atom is 0.251 e. The summed E-state index contributed by atoms with van der Waals surface area (Å²) >= 11 is 0. The van der Waals surface area contributed by atoms with Crippen molar-refractivity contribution in [1.29, 1.82) is 0 Å². The van der Waals surface area contributed by atoms with Crippen LogP contribution in [0, 0.1) is 0 Å². The summed E-state index contributed by atoms with van der Waals surface area (Å²) in [6.45, 7) is 8.05. The molecule has 1 aliphatic heterocycles. The minimum absolute atomic E-state index is 0.0249. The highest BCUT2D eigenvalue weighted by molar-refractivity contribution is 5.94. The smallest absolute Gasteiger partial charge is 0.251 e. The second-order valence-corrected chi connectivity index (χ2v) is 7.79. The summed E-state index contributed by atoms with van der Waals surface area (Å²) in [6, 6.07) is 7.92. The zero-order chi connectivity index (χ0) is 21.8. The average molecular weight is 419 g/mol. The largest absolute Gasteiger partial charge is 0.385 e. The van der Waals surface area contributed by atoms with E-state index in [1.165, 1.54) is 0 Å². The third kappa shape index (κ3) is 7.95. The number of hydrogen-bond donors (Lipinski definition) is 2. The van der Waals surface area contributed by atoms with Crippen molar-refractivity contribution >= 4 is 11.9 Å². The van der Waals surface area contributed by atoms with Gasteiger partial charge in [-0.25, -0.2) is 0 Å². The summed E-state index contributed by atoms with van der Waals surface area (Å²) in [6.07, 6.45) is 4.17. The Balaban J connectivity index is 1.81. The molecule has 1 unspecified atom stereocenters. The van der Waals surface area contributed by atoms with Crippen LogP contribution in [0.3, 0.4) is 0 Å². The molecule has 1 aromatic carbocycles. The number of nitrogens with one attached hydrogen (secondary N) is 2. The summed E-state index contributed by atoms with van der Waals surface area (Å²) in [7, 11) is 3.53. The van der Waals surface area contributed by atoms with E-state index in [1.54, 1.807) is 7.11 Å². The van der Waals surface area contributed by atoms with Crippen molar-refractivity contribution in [2.75, 3.05) is 40.5 Å². The Morgan fingerprint density at radius 3 is 2.73 bits per heavy atom. The van der Waals surface area contributed by atoms with Crippen molar-refractivity contribution in [3.8, 4) is 0 Å². The highest BCUT2D eigenvalue weighted by Crippen LogP contribution is 2.14. The Hall–Kier alpha value is -2.12. The monoisotopic (exact) mass is 418 g/mol. The number of guanidine groups is 1.